The van der Waals surface area contributed by atoms with Gasteiger partial charge in [0.25, 0.3) is 0 Å². The molecule has 7 heteroatoms. The number of hydrogen-bond acceptors (Lipinski definition) is 4. The van der Waals surface area contributed by atoms with E-state index in [1.54, 1.807) is 24.3 Å². The zero-order valence-corrected chi connectivity index (χ0v) is 13.1. The number of amides is 2. The fraction of sp³-hybridized carbons (Fsp3) is 0.353. The Kier molecular flexibility index (Phi) is 4.24. The number of hydrogen-bond donors (Lipinski definition) is 3. The summed E-state index contributed by atoms with van der Waals surface area (Å²) in [5.41, 5.74) is 1.08. The van der Waals surface area contributed by atoms with Crippen LogP contribution in [-0.2, 0) is 14.3 Å². The van der Waals surface area contributed by atoms with Gasteiger partial charge in [-0.3, -0.25) is 14.9 Å². The number of rotatable bonds is 4. The van der Waals surface area contributed by atoms with E-state index in [-0.39, 0.29) is 17.7 Å². The average molecular weight is 330 g/mol. The summed E-state index contributed by atoms with van der Waals surface area (Å²) < 4.78 is 4.50. The quantitative estimate of drug-likeness (QED) is 0.735. The molecule has 0 aromatic heterocycles. The van der Waals surface area contributed by atoms with E-state index in [9.17, 15) is 19.5 Å². The van der Waals surface area contributed by atoms with E-state index in [4.69, 9.17) is 0 Å². The number of methoxy groups -OCH3 is 1. The van der Waals surface area contributed by atoms with Crippen LogP contribution in [-0.4, -0.2) is 30.2 Å². The van der Waals surface area contributed by atoms with E-state index in [1.807, 2.05) is 12.2 Å². The molecule has 2 aliphatic rings. The van der Waals surface area contributed by atoms with Crippen LogP contribution in [0.1, 0.15) is 6.42 Å². The van der Waals surface area contributed by atoms with Gasteiger partial charge >= 0.3 is 12.1 Å². The van der Waals surface area contributed by atoms with Gasteiger partial charge in [0.15, 0.2) is 0 Å². The van der Waals surface area contributed by atoms with Crippen molar-refractivity contribution in [3.63, 3.8) is 0 Å². The van der Waals surface area contributed by atoms with E-state index in [2.05, 4.69) is 15.4 Å². The van der Waals surface area contributed by atoms with Crippen LogP contribution in [0.2, 0.25) is 0 Å². The van der Waals surface area contributed by atoms with Crippen molar-refractivity contribution in [3.05, 3.63) is 36.4 Å². The topological polar surface area (TPSA) is 105 Å². The first-order valence-electron chi connectivity index (χ1n) is 7.66. The molecule has 7 nitrogen and oxygen atoms in total. The molecular weight excluding hydrogens is 312 g/mol. The molecule has 24 heavy (non-hydrogen) atoms. The second-order valence-electron chi connectivity index (χ2n) is 6.02. The Balaban J connectivity index is 1.67. The van der Waals surface area contributed by atoms with Crippen molar-refractivity contribution >= 4 is 29.3 Å². The highest BCUT2D eigenvalue weighted by atomic mass is 16.5. The first kappa shape index (κ1) is 16.0. The molecule has 0 heterocycles. The first-order chi connectivity index (χ1) is 11.5. The second kappa shape index (κ2) is 6.35. The third-order valence-electron chi connectivity index (χ3n) is 4.63. The predicted molar refractivity (Wildman–Crippen MR) is 86.5 cm³/mol. The van der Waals surface area contributed by atoms with Crippen molar-refractivity contribution in [2.75, 3.05) is 17.7 Å². The fourth-order valence-corrected chi connectivity index (χ4v) is 3.55. The molecule has 0 saturated heterocycles. The lowest BCUT2D eigenvalue weighted by atomic mass is 9.82. The van der Waals surface area contributed by atoms with E-state index in [0.29, 0.717) is 11.4 Å². The van der Waals surface area contributed by atoms with Crippen LogP contribution in [0.5, 0.6) is 0 Å². The number of carboxylic acid groups (broad SMARTS) is 1. The van der Waals surface area contributed by atoms with Gasteiger partial charge in [0.1, 0.15) is 0 Å². The number of allylic oxidation sites excluding steroid dienone is 2. The number of nitrogens with one attached hydrogen (secondary N) is 2. The smallest absolute Gasteiger partial charge is 0.411 e. The largest absolute Gasteiger partial charge is 0.481 e. The van der Waals surface area contributed by atoms with Crippen LogP contribution in [0.25, 0.3) is 0 Å². The van der Waals surface area contributed by atoms with Gasteiger partial charge in [-0.1, -0.05) is 12.2 Å². The zero-order valence-electron chi connectivity index (χ0n) is 13.1. The summed E-state index contributed by atoms with van der Waals surface area (Å²) in [6.45, 7) is 0. The molecule has 1 saturated carbocycles. The number of benzene rings is 1. The second-order valence-corrected chi connectivity index (χ2v) is 6.02. The Hall–Kier alpha value is -2.83. The Morgan fingerprint density at radius 2 is 1.54 bits per heavy atom. The van der Waals surface area contributed by atoms with Crippen LogP contribution in [0.3, 0.4) is 0 Å². The normalized spacial score (nSPS) is 26.9. The maximum Gasteiger partial charge on any atom is 0.411 e. The van der Waals surface area contributed by atoms with Gasteiger partial charge in [-0.2, -0.15) is 0 Å². The molecule has 2 bridgehead atoms. The summed E-state index contributed by atoms with van der Waals surface area (Å²) in [5, 5.41) is 14.7. The van der Waals surface area contributed by atoms with Crippen LogP contribution in [0, 0.1) is 23.7 Å². The van der Waals surface area contributed by atoms with E-state index in [0.717, 1.165) is 6.42 Å². The minimum Gasteiger partial charge on any atom is -0.481 e. The van der Waals surface area contributed by atoms with Gasteiger partial charge in [0.2, 0.25) is 5.91 Å². The summed E-state index contributed by atoms with van der Waals surface area (Å²) in [4.78, 5) is 35.1. The molecule has 2 aliphatic carbocycles. The number of carbonyl (C=O) groups is 3. The molecule has 4 atom stereocenters. The van der Waals surface area contributed by atoms with E-state index in [1.165, 1.54) is 7.11 Å². The van der Waals surface area contributed by atoms with Crippen molar-refractivity contribution in [1.82, 2.24) is 0 Å². The monoisotopic (exact) mass is 330 g/mol. The van der Waals surface area contributed by atoms with Crippen LogP contribution in [0.4, 0.5) is 16.2 Å². The number of ether oxygens (including phenoxy) is 1. The van der Waals surface area contributed by atoms with Crippen LogP contribution < -0.4 is 10.6 Å². The molecular formula is C17H18N2O5. The maximum absolute atomic E-state index is 12.5. The van der Waals surface area contributed by atoms with Crippen molar-refractivity contribution in [1.29, 1.82) is 0 Å². The minimum absolute atomic E-state index is 0.0173. The molecule has 1 aromatic rings. The van der Waals surface area contributed by atoms with Crippen molar-refractivity contribution in [2.24, 2.45) is 23.7 Å². The standard InChI is InChI=1S/C17H18N2O5/c1-24-17(23)19-12-6-4-11(5-7-12)18-15(20)13-9-2-3-10(8-9)14(13)16(21)22/h2-7,9-10,13-14H,8H2,1H3,(H,18,20)(H,19,23)(H,21,22)/t9-,10-,13+,14+/m0/s1. The van der Waals surface area contributed by atoms with Gasteiger partial charge in [0, 0.05) is 11.4 Å². The molecule has 2 amide bonds. The Morgan fingerprint density at radius 3 is 2.08 bits per heavy atom. The van der Waals surface area contributed by atoms with Gasteiger partial charge in [-0.05, 0) is 42.5 Å². The molecule has 0 unspecified atom stereocenters. The number of fused-ring (bicyclic) bond motifs is 2. The summed E-state index contributed by atoms with van der Waals surface area (Å²) in [6.07, 6.45) is 3.99. The summed E-state index contributed by atoms with van der Waals surface area (Å²) in [5.74, 6) is -2.51. The summed E-state index contributed by atoms with van der Waals surface area (Å²) in [6, 6.07) is 6.54. The average Bonchev–Trinajstić information content (AvgIpc) is 3.17. The Labute approximate surface area is 138 Å². The SMILES string of the molecule is COC(=O)Nc1ccc(NC(=O)[C@H]2[C@H](C(=O)O)[C@H]3C=C[C@H]2C3)cc1. The molecule has 3 N–H and O–H groups in total. The molecule has 1 aromatic carbocycles. The van der Waals surface area contributed by atoms with Gasteiger partial charge in [-0.15, -0.1) is 0 Å². The van der Waals surface area contributed by atoms with Gasteiger partial charge < -0.3 is 15.2 Å². The minimum atomic E-state index is -0.926. The molecule has 3 rings (SSSR count). The van der Waals surface area contributed by atoms with E-state index >= 15 is 0 Å². The molecule has 0 radical (unpaired) electrons. The third kappa shape index (κ3) is 2.97. The highest BCUT2D eigenvalue weighted by molar-refractivity contribution is 5.96. The highest BCUT2D eigenvalue weighted by Gasteiger charge is 2.51. The lowest BCUT2D eigenvalue weighted by Crippen LogP contribution is -2.36. The van der Waals surface area contributed by atoms with Crippen molar-refractivity contribution < 1.29 is 24.2 Å². The predicted octanol–water partition coefficient (Wildman–Crippen LogP) is 2.33. The fourth-order valence-electron chi connectivity index (χ4n) is 3.55. The number of anilines is 2. The number of carbonyl (C=O) groups excluding carboxylic acids is 2. The van der Waals surface area contributed by atoms with Crippen molar-refractivity contribution in [3.8, 4) is 0 Å². The van der Waals surface area contributed by atoms with Gasteiger partial charge in [-0.25, -0.2) is 4.79 Å². The van der Waals surface area contributed by atoms with E-state index < -0.39 is 23.9 Å². The number of aliphatic carboxylic acids is 1. The summed E-state index contributed by atoms with van der Waals surface area (Å²) >= 11 is 0. The lowest BCUT2D eigenvalue weighted by molar-refractivity contribution is -0.146. The maximum atomic E-state index is 12.5. The number of carboxylic acids is 1. The molecule has 0 spiro atoms. The molecule has 0 aliphatic heterocycles. The Morgan fingerprint density at radius 1 is 1.00 bits per heavy atom. The first-order valence-corrected chi connectivity index (χ1v) is 7.66. The van der Waals surface area contributed by atoms with Crippen molar-refractivity contribution in [2.45, 2.75) is 6.42 Å². The Bertz CT molecular complexity index is 697. The van der Waals surface area contributed by atoms with Gasteiger partial charge in [0.05, 0.1) is 18.9 Å². The molecule has 126 valence electrons. The highest BCUT2D eigenvalue weighted by Crippen LogP contribution is 2.48. The van der Waals surface area contributed by atoms with Crippen LogP contribution >= 0.6 is 0 Å². The summed E-state index contributed by atoms with van der Waals surface area (Å²) in [7, 11) is 1.27. The lowest BCUT2D eigenvalue weighted by Gasteiger charge is -2.23. The zero-order chi connectivity index (χ0) is 17.3. The molecule has 1 fully saturated rings. The third-order valence-corrected chi connectivity index (χ3v) is 4.63. The van der Waals surface area contributed by atoms with Crippen LogP contribution in [0.15, 0.2) is 36.4 Å².